The van der Waals surface area contributed by atoms with Crippen LogP contribution < -0.4 is 4.72 Å². The summed E-state index contributed by atoms with van der Waals surface area (Å²) in [5.74, 6) is 0. The summed E-state index contributed by atoms with van der Waals surface area (Å²) >= 11 is 8.27. The van der Waals surface area contributed by atoms with Gasteiger partial charge in [0.1, 0.15) is 0 Å². The number of nitrogens with zero attached hydrogens (tertiary/aromatic N) is 1. The molecule has 0 atom stereocenters. The zero-order valence-electron chi connectivity index (χ0n) is 10.4. The summed E-state index contributed by atoms with van der Waals surface area (Å²) in [5.41, 5.74) is 1.61. The van der Waals surface area contributed by atoms with Crippen molar-refractivity contribution >= 4 is 44.3 Å². The van der Waals surface area contributed by atoms with Crippen molar-refractivity contribution in [3.05, 3.63) is 32.0 Å². The normalized spacial score (nSPS) is 11.9. The average molecular weight is 337 g/mol. The van der Waals surface area contributed by atoms with Crippen LogP contribution in [-0.4, -0.2) is 13.4 Å². The predicted molar refractivity (Wildman–Crippen MR) is 79.6 cm³/mol. The lowest BCUT2D eigenvalue weighted by Crippen LogP contribution is -2.23. The Morgan fingerprint density at radius 3 is 2.79 bits per heavy atom. The topological polar surface area (TPSA) is 59.1 Å². The first kappa shape index (κ1) is 14.9. The van der Waals surface area contributed by atoms with E-state index in [0.717, 1.165) is 22.6 Å². The van der Waals surface area contributed by atoms with Crippen LogP contribution in [0.1, 0.15) is 23.1 Å². The number of rotatable bonds is 5. The Morgan fingerprint density at radius 1 is 1.47 bits per heavy atom. The van der Waals surface area contributed by atoms with E-state index >= 15 is 0 Å². The molecule has 0 unspecified atom stereocenters. The Hall–Kier alpha value is -0.470. The molecule has 0 saturated heterocycles. The SMILES string of the molecule is CCc1ccsc1CNS(=O)(=O)c1sc(Cl)nc1C. The van der Waals surface area contributed by atoms with E-state index in [9.17, 15) is 8.42 Å². The lowest BCUT2D eigenvalue weighted by Gasteiger charge is -2.05. The standard InChI is InChI=1S/C11H13ClN2O2S3/c1-3-8-4-5-17-9(8)6-13-19(15,16)10-7(2)14-11(12)18-10/h4-5,13H,3,6H2,1-2H3. The zero-order chi connectivity index (χ0) is 14.0. The van der Waals surface area contributed by atoms with Crippen LogP contribution in [0.2, 0.25) is 4.47 Å². The molecular formula is C11H13ClN2O2S3. The summed E-state index contributed by atoms with van der Waals surface area (Å²) < 4.78 is 27.4. The maximum Gasteiger partial charge on any atom is 0.252 e. The minimum Gasteiger partial charge on any atom is -0.229 e. The van der Waals surface area contributed by atoms with E-state index in [-0.39, 0.29) is 8.68 Å². The molecule has 0 aliphatic heterocycles. The monoisotopic (exact) mass is 336 g/mol. The van der Waals surface area contributed by atoms with Crippen molar-refractivity contribution in [2.75, 3.05) is 0 Å². The van der Waals surface area contributed by atoms with E-state index in [1.807, 2.05) is 18.4 Å². The third-order valence-electron chi connectivity index (χ3n) is 2.61. The van der Waals surface area contributed by atoms with Crippen molar-refractivity contribution in [3.63, 3.8) is 0 Å². The Balaban J connectivity index is 2.17. The number of sulfonamides is 1. The molecule has 2 heterocycles. The van der Waals surface area contributed by atoms with Crippen LogP contribution in [0.3, 0.4) is 0 Å². The van der Waals surface area contributed by atoms with Crippen LogP contribution in [0.4, 0.5) is 0 Å². The molecule has 2 aromatic heterocycles. The molecule has 0 aromatic carbocycles. The molecule has 0 aliphatic rings. The van der Waals surface area contributed by atoms with Gasteiger partial charge in [-0.05, 0) is 30.4 Å². The van der Waals surface area contributed by atoms with E-state index in [1.54, 1.807) is 18.3 Å². The van der Waals surface area contributed by atoms with Gasteiger partial charge in [0, 0.05) is 11.4 Å². The quantitative estimate of drug-likeness (QED) is 0.912. The second kappa shape index (κ2) is 5.88. The van der Waals surface area contributed by atoms with Crippen LogP contribution in [0.25, 0.3) is 0 Å². The van der Waals surface area contributed by atoms with Gasteiger partial charge < -0.3 is 0 Å². The van der Waals surface area contributed by atoms with Gasteiger partial charge in [0.2, 0.25) is 0 Å². The number of hydrogen-bond acceptors (Lipinski definition) is 5. The first-order valence-electron chi connectivity index (χ1n) is 5.62. The van der Waals surface area contributed by atoms with Gasteiger partial charge in [-0.15, -0.1) is 11.3 Å². The maximum atomic E-state index is 12.2. The van der Waals surface area contributed by atoms with E-state index in [2.05, 4.69) is 9.71 Å². The third-order valence-corrected chi connectivity index (χ3v) is 6.85. The Kier molecular flexibility index (Phi) is 4.62. The number of hydrogen-bond donors (Lipinski definition) is 1. The zero-order valence-corrected chi connectivity index (χ0v) is 13.6. The molecule has 0 radical (unpaired) electrons. The van der Waals surface area contributed by atoms with Gasteiger partial charge in [-0.25, -0.2) is 18.1 Å². The number of nitrogens with one attached hydrogen (secondary N) is 1. The highest BCUT2D eigenvalue weighted by atomic mass is 35.5. The Morgan fingerprint density at radius 2 is 2.21 bits per heavy atom. The van der Waals surface area contributed by atoms with Crippen LogP contribution in [-0.2, 0) is 23.0 Å². The second-order valence-corrected chi connectivity index (χ2v) is 8.43. The molecule has 0 fully saturated rings. The molecule has 8 heteroatoms. The minimum absolute atomic E-state index is 0.187. The second-order valence-electron chi connectivity index (χ2n) is 3.89. The summed E-state index contributed by atoms with van der Waals surface area (Å²) in [6, 6.07) is 2.02. The molecule has 1 N–H and O–H groups in total. The molecule has 0 saturated carbocycles. The average Bonchev–Trinajstić information content (AvgIpc) is 2.93. The van der Waals surface area contributed by atoms with Crippen molar-refractivity contribution in [2.24, 2.45) is 0 Å². The van der Waals surface area contributed by atoms with E-state index in [4.69, 9.17) is 11.6 Å². The first-order chi connectivity index (χ1) is 8.94. The lowest BCUT2D eigenvalue weighted by atomic mass is 10.2. The number of aromatic nitrogens is 1. The summed E-state index contributed by atoms with van der Waals surface area (Å²) in [6.07, 6.45) is 0.895. The van der Waals surface area contributed by atoms with Gasteiger partial charge >= 0.3 is 0 Å². The molecule has 0 amide bonds. The molecule has 19 heavy (non-hydrogen) atoms. The third kappa shape index (κ3) is 3.35. The number of thiophene rings is 1. The number of thiazole rings is 1. The Bertz CT molecular complexity index is 676. The fourth-order valence-corrected chi connectivity index (χ4v) is 5.45. The van der Waals surface area contributed by atoms with Crippen molar-refractivity contribution in [1.29, 1.82) is 0 Å². The molecule has 2 aromatic rings. The number of aryl methyl sites for hydroxylation is 2. The van der Waals surface area contributed by atoms with Crippen molar-refractivity contribution in [1.82, 2.24) is 9.71 Å². The number of halogens is 1. The fraction of sp³-hybridized carbons (Fsp3) is 0.364. The molecule has 2 rings (SSSR count). The highest BCUT2D eigenvalue weighted by molar-refractivity contribution is 7.91. The molecular weight excluding hydrogens is 324 g/mol. The maximum absolute atomic E-state index is 12.2. The van der Waals surface area contributed by atoms with Crippen LogP contribution in [0.15, 0.2) is 15.7 Å². The first-order valence-corrected chi connectivity index (χ1v) is 9.17. The van der Waals surface area contributed by atoms with Gasteiger partial charge in [0.15, 0.2) is 8.68 Å². The smallest absolute Gasteiger partial charge is 0.229 e. The summed E-state index contributed by atoms with van der Waals surface area (Å²) in [6.45, 7) is 3.99. The highest BCUT2D eigenvalue weighted by Gasteiger charge is 2.21. The molecule has 0 spiro atoms. The summed E-state index contributed by atoms with van der Waals surface area (Å²) in [7, 11) is -3.54. The van der Waals surface area contributed by atoms with E-state index in [1.165, 1.54) is 5.56 Å². The van der Waals surface area contributed by atoms with Crippen molar-refractivity contribution in [2.45, 2.75) is 31.0 Å². The molecule has 104 valence electrons. The molecule has 0 aliphatic carbocycles. The van der Waals surface area contributed by atoms with Crippen molar-refractivity contribution in [3.8, 4) is 0 Å². The lowest BCUT2D eigenvalue weighted by molar-refractivity contribution is 0.583. The predicted octanol–water partition coefficient (Wildman–Crippen LogP) is 3.21. The van der Waals surface area contributed by atoms with Crippen molar-refractivity contribution < 1.29 is 8.42 Å². The van der Waals surface area contributed by atoms with Crippen LogP contribution in [0, 0.1) is 6.92 Å². The highest BCUT2D eigenvalue weighted by Crippen LogP contribution is 2.27. The summed E-state index contributed by atoms with van der Waals surface area (Å²) in [5, 5.41) is 1.97. The summed E-state index contributed by atoms with van der Waals surface area (Å²) in [4.78, 5) is 4.96. The molecule has 4 nitrogen and oxygen atoms in total. The largest absolute Gasteiger partial charge is 0.252 e. The van der Waals surface area contributed by atoms with Crippen LogP contribution in [0.5, 0.6) is 0 Å². The van der Waals surface area contributed by atoms with Gasteiger partial charge in [0.25, 0.3) is 10.0 Å². The minimum atomic E-state index is -3.54. The van der Waals surface area contributed by atoms with Crippen LogP contribution >= 0.6 is 34.3 Å². The van der Waals surface area contributed by atoms with Gasteiger partial charge in [-0.2, -0.15) is 0 Å². The fourth-order valence-electron chi connectivity index (χ4n) is 1.66. The Labute approximate surface area is 125 Å². The molecule has 0 bridgehead atoms. The van der Waals surface area contributed by atoms with E-state index in [0.29, 0.717) is 12.2 Å². The van der Waals surface area contributed by atoms with Gasteiger partial charge in [-0.1, -0.05) is 29.9 Å². The van der Waals surface area contributed by atoms with Gasteiger partial charge in [-0.3, -0.25) is 0 Å². The van der Waals surface area contributed by atoms with Gasteiger partial charge in [0.05, 0.1) is 5.69 Å². The van der Waals surface area contributed by atoms with E-state index < -0.39 is 10.0 Å².